The van der Waals surface area contributed by atoms with Crippen molar-refractivity contribution in [2.75, 3.05) is 13.2 Å². The Morgan fingerprint density at radius 1 is 1.29 bits per heavy atom. The first-order valence-electron chi connectivity index (χ1n) is 8.11. The summed E-state index contributed by atoms with van der Waals surface area (Å²) in [4.78, 5) is 0. The van der Waals surface area contributed by atoms with Gasteiger partial charge in [0.15, 0.2) is 0 Å². The Balaban J connectivity index is 1.64. The average Bonchev–Trinajstić information content (AvgIpc) is 2.47. The Kier molecular flexibility index (Phi) is 6.22. The second-order valence-electron chi connectivity index (χ2n) is 6.85. The zero-order chi connectivity index (χ0) is 15.1. The number of hydrogen-bond acceptors (Lipinski definition) is 3. The van der Waals surface area contributed by atoms with Gasteiger partial charge in [-0.05, 0) is 23.8 Å². The molecule has 1 saturated carbocycles. The number of rotatable bonds is 7. The van der Waals surface area contributed by atoms with Crippen LogP contribution >= 0.6 is 0 Å². The third-order valence-corrected chi connectivity index (χ3v) is 4.53. The zero-order valence-electron chi connectivity index (χ0n) is 13.3. The molecule has 2 rings (SSSR count). The summed E-state index contributed by atoms with van der Waals surface area (Å²) in [6.07, 6.45) is 4.66. The van der Waals surface area contributed by atoms with Crippen LogP contribution in [0.25, 0.3) is 0 Å². The molecule has 0 amide bonds. The van der Waals surface area contributed by atoms with Crippen LogP contribution in [0.5, 0.6) is 0 Å². The Morgan fingerprint density at radius 2 is 2.05 bits per heavy atom. The summed E-state index contributed by atoms with van der Waals surface area (Å²) in [5, 5.41) is 13.6. The summed E-state index contributed by atoms with van der Waals surface area (Å²) in [6.45, 7) is 6.20. The third-order valence-electron chi connectivity index (χ3n) is 4.53. The van der Waals surface area contributed by atoms with Gasteiger partial charge in [-0.1, -0.05) is 57.0 Å². The van der Waals surface area contributed by atoms with Crippen molar-refractivity contribution in [2.45, 2.75) is 58.3 Å². The van der Waals surface area contributed by atoms with Gasteiger partial charge in [0, 0.05) is 12.6 Å². The lowest BCUT2D eigenvalue weighted by molar-refractivity contribution is 0.0233. The number of benzene rings is 1. The van der Waals surface area contributed by atoms with Crippen molar-refractivity contribution in [3.05, 3.63) is 35.9 Å². The van der Waals surface area contributed by atoms with Gasteiger partial charge in [-0.25, -0.2) is 0 Å². The van der Waals surface area contributed by atoms with Crippen molar-refractivity contribution in [2.24, 2.45) is 5.41 Å². The first-order valence-corrected chi connectivity index (χ1v) is 8.11. The van der Waals surface area contributed by atoms with Gasteiger partial charge in [0.2, 0.25) is 0 Å². The minimum atomic E-state index is -0.438. The van der Waals surface area contributed by atoms with Crippen LogP contribution in [0.2, 0.25) is 0 Å². The summed E-state index contributed by atoms with van der Waals surface area (Å²) >= 11 is 0. The molecule has 2 atom stereocenters. The molecule has 3 nitrogen and oxygen atoms in total. The molecule has 0 saturated heterocycles. The van der Waals surface area contributed by atoms with Gasteiger partial charge in [0.25, 0.3) is 0 Å². The smallest absolute Gasteiger partial charge is 0.0897 e. The Morgan fingerprint density at radius 3 is 2.76 bits per heavy atom. The van der Waals surface area contributed by atoms with E-state index in [1.807, 2.05) is 30.3 Å². The van der Waals surface area contributed by atoms with E-state index in [4.69, 9.17) is 4.74 Å². The summed E-state index contributed by atoms with van der Waals surface area (Å²) < 4.78 is 5.58. The number of aliphatic hydroxyl groups is 1. The van der Waals surface area contributed by atoms with Crippen LogP contribution in [-0.4, -0.2) is 30.4 Å². The van der Waals surface area contributed by atoms with E-state index in [2.05, 4.69) is 19.2 Å². The predicted molar refractivity (Wildman–Crippen MR) is 86.1 cm³/mol. The zero-order valence-corrected chi connectivity index (χ0v) is 13.3. The SMILES string of the molecule is CC1(C)CCCCC1NCC(O)COCc1ccccc1. The van der Waals surface area contributed by atoms with Crippen LogP contribution < -0.4 is 5.32 Å². The molecule has 0 spiro atoms. The molecule has 0 heterocycles. The van der Waals surface area contributed by atoms with E-state index >= 15 is 0 Å². The third kappa shape index (κ3) is 5.42. The fourth-order valence-corrected chi connectivity index (χ4v) is 3.10. The largest absolute Gasteiger partial charge is 0.389 e. The van der Waals surface area contributed by atoms with Crippen LogP contribution in [0.4, 0.5) is 0 Å². The van der Waals surface area contributed by atoms with Gasteiger partial charge < -0.3 is 15.2 Å². The van der Waals surface area contributed by atoms with Crippen LogP contribution in [0.3, 0.4) is 0 Å². The van der Waals surface area contributed by atoms with E-state index in [1.54, 1.807) is 0 Å². The molecule has 1 aromatic carbocycles. The minimum absolute atomic E-state index is 0.336. The minimum Gasteiger partial charge on any atom is -0.389 e. The van der Waals surface area contributed by atoms with Crippen LogP contribution in [0, 0.1) is 5.41 Å². The molecule has 2 N–H and O–H groups in total. The van der Waals surface area contributed by atoms with Crippen molar-refractivity contribution in [3.8, 4) is 0 Å². The molecule has 1 aliphatic rings. The van der Waals surface area contributed by atoms with Gasteiger partial charge in [-0.3, -0.25) is 0 Å². The maximum absolute atomic E-state index is 10.0. The highest BCUT2D eigenvalue weighted by molar-refractivity contribution is 5.13. The molecular weight excluding hydrogens is 262 g/mol. The lowest BCUT2D eigenvalue weighted by Gasteiger charge is -2.39. The van der Waals surface area contributed by atoms with E-state index in [9.17, 15) is 5.11 Å². The number of hydrogen-bond donors (Lipinski definition) is 2. The summed E-state index contributed by atoms with van der Waals surface area (Å²) in [5.41, 5.74) is 1.48. The number of nitrogens with one attached hydrogen (secondary N) is 1. The molecule has 118 valence electrons. The summed E-state index contributed by atoms with van der Waals surface area (Å²) in [5.74, 6) is 0. The van der Waals surface area contributed by atoms with E-state index < -0.39 is 6.10 Å². The average molecular weight is 291 g/mol. The molecule has 0 aliphatic heterocycles. The van der Waals surface area contributed by atoms with Crippen molar-refractivity contribution >= 4 is 0 Å². The molecule has 2 unspecified atom stereocenters. The van der Waals surface area contributed by atoms with Gasteiger partial charge in [-0.2, -0.15) is 0 Å². The van der Waals surface area contributed by atoms with Crippen molar-refractivity contribution in [1.29, 1.82) is 0 Å². The fraction of sp³-hybridized carbons (Fsp3) is 0.667. The van der Waals surface area contributed by atoms with Crippen molar-refractivity contribution < 1.29 is 9.84 Å². The Bertz CT molecular complexity index is 405. The Hall–Kier alpha value is -0.900. The molecule has 0 aromatic heterocycles. The van der Waals surface area contributed by atoms with Crippen LogP contribution in [0.15, 0.2) is 30.3 Å². The van der Waals surface area contributed by atoms with Crippen molar-refractivity contribution in [3.63, 3.8) is 0 Å². The normalized spacial score (nSPS) is 22.9. The quantitative estimate of drug-likeness (QED) is 0.811. The van der Waals surface area contributed by atoms with Crippen LogP contribution in [0.1, 0.15) is 45.1 Å². The lowest BCUT2D eigenvalue weighted by Crippen LogP contribution is -2.47. The topological polar surface area (TPSA) is 41.5 Å². The highest BCUT2D eigenvalue weighted by atomic mass is 16.5. The fourth-order valence-electron chi connectivity index (χ4n) is 3.10. The van der Waals surface area contributed by atoms with Crippen molar-refractivity contribution in [1.82, 2.24) is 5.32 Å². The molecule has 1 aliphatic carbocycles. The molecule has 0 bridgehead atoms. The van der Waals surface area contributed by atoms with Gasteiger partial charge in [0.1, 0.15) is 0 Å². The first kappa shape index (κ1) is 16.5. The second kappa shape index (κ2) is 7.92. The summed E-state index contributed by atoms with van der Waals surface area (Å²) in [6, 6.07) is 10.6. The summed E-state index contributed by atoms with van der Waals surface area (Å²) in [7, 11) is 0. The predicted octanol–water partition coefficient (Wildman–Crippen LogP) is 3.12. The molecular formula is C18H29NO2. The maximum Gasteiger partial charge on any atom is 0.0897 e. The monoisotopic (exact) mass is 291 g/mol. The second-order valence-corrected chi connectivity index (χ2v) is 6.85. The van der Waals surface area contributed by atoms with Gasteiger partial charge >= 0.3 is 0 Å². The lowest BCUT2D eigenvalue weighted by atomic mass is 9.73. The first-order chi connectivity index (χ1) is 10.1. The van der Waals surface area contributed by atoms with E-state index in [0.717, 1.165) is 5.56 Å². The van der Waals surface area contributed by atoms with E-state index in [1.165, 1.54) is 25.7 Å². The molecule has 1 fully saturated rings. The maximum atomic E-state index is 10.0. The molecule has 0 radical (unpaired) electrons. The molecule has 21 heavy (non-hydrogen) atoms. The molecule has 3 heteroatoms. The Labute approximate surface area is 128 Å². The van der Waals surface area contributed by atoms with Gasteiger partial charge in [-0.15, -0.1) is 0 Å². The number of ether oxygens (including phenoxy) is 1. The molecule has 1 aromatic rings. The highest BCUT2D eigenvalue weighted by Gasteiger charge is 2.31. The number of aliphatic hydroxyl groups excluding tert-OH is 1. The van der Waals surface area contributed by atoms with Crippen LogP contribution in [-0.2, 0) is 11.3 Å². The van der Waals surface area contributed by atoms with E-state index in [-0.39, 0.29) is 0 Å². The van der Waals surface area contributed by atoms with E-state index in [0.29, 0.717) is 31.2 Å². The standard InChI is InChI=1S/C18H29NO2/c1-18(2)11-7-6-10-17(18)19-12-16(20)14-21-13-15-8-4-3-5-9-15/h3-5,8-9,16-17,19-20H,6-7,10-14H2,1-2H3. The van der Waals surface area contributed by atoms with Gasteiger partial charge in [0.05, 0.1) is 19.3 Å². The highest BCUT2D eigenvalue weighted by Crippen LogP contribution is 2.35.